The lowest BCUT2D eigenvalue weighted by molar-refractivity contribution is -0.141. The number of alkyl halides is 3. The fraction of sp³-hybridized carbons (Fsp3) is 0.115. The van der Waals surface area contributed by atoms with Gasteiger partial charge in [-0.25, -0.2) is 4.79 Å². The Hall–Kier alpha value is -3.82. The smallest absolute Gasteiger partial charge is 0.416 e. The van der Waals surface area contributed by atoms with E-state index in [9.17, 15) is 32.7 Å². The van der Waals surface area contributed by atoms with Crippen molar-refractivity contribution in [2.24, 2.45) is 0 Å². The quantitative estimate of drug-likeness (QED) is 0.318. The van der Waals surface area contributed by atoms with E-state index in [0.29, 0.717) is 15.6 Å². The maximum atomic E-state index is 13.2. The highest BCUT2D eigenvalue weighted by molar-refractivity contribution is 6.30. The fourth-order valence-electron chi connectivity index (χ4n) is 3.22. The molecule has 0 aromatic heterocycles. The number of amides is 2. The van der Waals surface area contributed by atoms with Gasteiger partial charge in [-0.15, -0.1) is 0 Å². The van der Waals surface area contributed by atoms with Crippen LogP contribution in [0, 0.1) is 0 Å². The number of carboxylic acids is 1. The van der Waals surface area contributed by atoms with E-state index in [1.165, 1.54) is 30.3 Å². The second-order valence-corrected chi connectivity index (χ2v) is 8.71. The molecule has 0 saturated heterocycles. The molecule has 0 bridgehead atoms. The molecular weight excluding hydrogens is 532 g/mol. The Morgan fingerprint density at radius 3 is 2.08 bits per heavy atom. The molecule has 0 aliphatic carbocycles. The molecule has 37 heavy (non-hydrogen) atoms. The number of hydrogen-bond donors (Lipinski definition) is 3. The third-order valence-electron chi connectivity index (χ3n) is 5.08. The van der Waals surface area contributed by atoms with Crippen LogP contribution in [0.3, 0.4) is 0 Å². The first kappa shape index (κ1) is 27.8. The van der Waals surface area contributed by atoms with Crippen molar-refractivity contribution in [3.8, 4) is 0 Å². The number of carbonyl (C=O) groups is 3. The molecule has 11 heteroatoms. The van der Waals surface area contributed by atoms with E-state index in [0.717, 1.165) is 24.3 Å². The number of benzene rings is 3. The zero-order valence-electron chi connectivity index (χ0n) is 18.9. The van der Waals surface area contributed by atoms with Gasteiger partial charge in [0.2, 0.25) is 0 Å². The van der Waals surface area contributed by atoms with Crippen LogP contribution in [0.2, 0.25) is 10.0 Å². The first-order chi connectivity index (χ1) is 17.4. The molecule has 3 N–H and O–H groups in total. The van der Waals surface area contributed by atoms with Crippen LogP contribution < -0.4 is 10.6 Å². The number of aliphatic carboxylic acids is 1. The molecule has 0 aliphatic heterocycles. The molecule has 3 aromatic carbocycles. The predicted octanol–water partition coefficient (Wildman–Crippen LogP) is 5.60. The van der Waals surface area contributed by atoms with E-state index in [2.05, 4.69) is 10.6 Å². The summed E-state index contributed by atoms with van der Waals surface area (Å²) in [6, 6.07) is 14.6. The van der Waals surface area contributed by atoms with E-state index in [4.69, 9.17) is 23.2 Å². The first-order valence-corrected chi connectivity index (χ1v) is 11.4. The van der Waals surface area contributed by atoms with Crippen LogP contribution in [0.4, 0.5) is 13.2 Å². The summed E-state index contributed by atoms with van der Waals surface area (Å²) in [5, 5.41) is 15.1. The van der Waals surface area contributed by atoms with Crippen LogP contribution in [0.5, 0.6) is 0 Å². The third-order valence-corrected chi connectivity index (χ3v) is 5.58. The Balaban J connectivity index is 1.92. The van der Waals surface area contributed by atoms with Crippen LogP contribution in [0.1, 0.15) is 27.0 Å². The normalized spacial score (nSPS) is 12.5. The number of carboxylic acid groups (broad SMARTS) is 1. The van der Waals surface area contributed by atoms with Crippen LogP contribution in [0.25, 0.3) is 6.08 Å². The highest BCUT2D eigenvalue weighted by Crippen LogP contribution is 2.30. The van der Waals surface area contributed by atoms with E-state index in [1.54, 1.807) is 24.3 Å². The SMILES string of the molecule is O=C(N[C@@H](Cc1ccc(Cl)cc1)C(=O)O)C(=Cc1cccc(C(F)(F)F)c1)NC(=O)c1ccc(Cl)cc1. The van der Waals surface area contributed by atoms with Gasteiger partial charge < -0.3 is 15.7 Å². The van der Waals surface area contributed by atoms with Crippen LogP contribution in [-0.2, 0) is 22.2 Å². The first-order valence-electron chi connectivity index (χ1n) is 10.7. The van der Waals surface area contributed by atoms with Crippen LogP contribution in [-0.4, -0.2) is 28.9 Å². The zero-order valence-corrected chi connectivity index (χ0v) is 20.4. The van der Waals surface area contributed by atoms with E-state index < -0.39 is 41.3 Å². The van der Waals surface area contributed by atoms with Gasteiger partial charge in [-0.05, 0) is 65.7 Å². The molecule has 0 aliphatic rings. The molecule has 0 heterocycles. The van der Waals surface area contributed by atoms with Crippen LogP contribution >= 0.6 is 23.2 Å². The number of halogens is 5. The lowest BCUT2D eigenvalue weighted by atomic mass is 10.1. The van der Waals surface area contributed by atoms with Gasteiger partial charge in [-0.2, -0.15) is 13.2 Å². The Labute approximate surface area is 219 Å². The van der Waals surface area contributed by atoms with Gasteiger partial charge in [0.25, 0.3) is 11.8 Å². The molecule has 3 aromatic rings. The Kier molecular flexibility index (Phi) is 8.96. The predicted molar refractivity (Wildman–Crippen MR) is 133 cm³/mol. The summed E-state index contributed by atoms with van der Waals surface area (Å²) in [4.78, 5) is 37.7. The van der Waals surface area contributed by atoms with Gasteiger partial charge in [-0.1, -0.05) is 47.5 Å². The molecule has 0 spiro atoms. The highest BCUT2D eigenvalue weighted by atomic mass is 35.5. The van der Waals surface area contributed by atoms with Gasteiger partial charge in [0.15, 0.2) is 0 Å². The van der Waals surface area contributed by atoms with E-state index >= 15 is 0 Å². The second-order valence-electron chi connectivity index (χ2n) is 7.84. The minimum atomic E-state index is -4.63. The standard InChI is InChI=1S/C26H19Cl2F3N2O4/c27-19-8-4-15(5-9-19)13-22(25(36)37)33-24(35)21(32-23(34)17-6-10-20(28)11-7-17)14-16-2-1-3-18(12-16)26(29,30)31/h1-12,14,22H,13H2,(H,32,34)(H,33,35)(H,36,37)/t22-/m0/s1. The number of nitrogens with one attached hydrogen (secondary N) is 2. The summed E-state index contributed by atoms with van der Waals surface area (Å²) in [7, 11) is 0. The summed E-state index contributed by atoms with van der Waals surface area (Å²) in [6.45, 7) is 0. The van der Waals surface area contributed by atoms with Gasteiger partial charge >= 0.3 is 12.1 Å². The van der Waals surface area contributed by atoms with Crippen molar-refractivity contribution in [1.29, 1.82) is 0 Å². The second kappa shape index (κ2) is 11.9. The van der Waals surface area contributed by atoms with Gasteiger partial charge in [0.05, 0.1) is 5.56 Å². The lowest BCUT2D eigenvalue weighted by Crippen LogP contribution is -2.45. The maximum absolute atomic E-state index is 13.2. The Bertz CT molecular complexity index is 1320. The molecular formula is C26H19Cl2F3N2O4. The summed E-state index contributed by atoms with van der Waals surface area (Å²) in [5.41, 5.74) is -0.785. The maximum Gasteiger partial charge on any atom is 0.416 e. The summed E-state index contributed by atoms with van der Waals surface area (Å²) >= 11 is 11.7. The Morgan fingerprint density at radius 2 is 1.51 bits per heavy atom. The van der Waals surface area contributed by atoms with E-state index in [1.807, 2.05) is 0 Å². The molecule has 192 valence electrons. The molecule has 0 saturated carbocycles. The van der Waals surface area contributed by atoms with Crippen molar-refractivity contribution in [3.63, 3.8) is 0 Å². The number of carbonyl (C=O) groups excluding carboxylic acids is 2. The molecule has 0 fully saturated rings. The topological polar surface area (TPSA) is 95.5 Å². The fourth-order valence-corrected chi connectivity index (χ4v) is 3.47. The van der Waals surface area contributed by atoms with E-state index in [-0.39, 0.29) is 17.5 Å². The van der Waals surface area contributed by atoms with Crippen LogP contribution in [0.15, 0.2) is 78.5 Å². The van der Waals surface area contributed by atoms with Crippen molar-refractivity contribution < 1.29 is 32.7 Å². The molecule has 0 unspecified atom stereocenters. The average Bonchev–Trinajstić information content (AvgIpc) is 2.84. The average molecular weight is 551 g/mol. The molecule has 1 atom stereocenters. The lowest BCUT2D eigenvalue weighted by Gasteiger charge is -2.17. The van der Waals surface area contributed by atoms with Gasteiger partial charge in [-0.3, -0.25) is 9.59 Å². The van der Waals surface area contributed by atoms with Crippen molar-refractivity contribution in [3.05, 3.63) is 111 Å². The van der Waals surface area contributed by atoms with Crippen molar-refractivity contribution in [2.75, 3.05) is 0 Å². The zero-order chi connectivity index (χ0) is 27.2. The Morgan fingerprint density at radius 1 is 0.919 bits per heavy atom. The monoisotopic (exact) mass is 550 g/mol. The molecule has 0 radical (unpaired) electrons. The molecule has 3 rings (SSSR count). The highest BCUT2D eigenvalue weighted by Gasteiger charge is 2.30. The molecule has 6 nitrogen and oxygen atoms in total. The minimum Gasteiger partial charge on any atom is -0.480 e. The minimum absolute atomic E-state index is 0.0408. The molecule has 2 amide bonds. The summed E-state index contributed by atoms with van der Waals surface area (Å²) < 4.78 is 39.5. The third kappa shape index (κ3) is 8.09. The van der Waals surface area contributed by atoms with Crippen molar-refractivity contribution >= 4 is 47.1 Å². The van der Waals surface area contributed by atoms with Crippen molar-refractivity contribution in [2.45, 2.75) is 18.6 Å². The van der Waals surface area contributed by atoms with Gasteiger partial charge in [0.1, 0.15) is 11.7 Å². The number of hydrogen-bond acceptors (Lipinski definition) is 3. The van der Waals surface area contributed by atoms with Crippen molar-refractivity contribution in [1.82, 2.24) is 10.6 Å². The van der Waals surface area contributed by atoms with Gasteiger partial charge in [0, 0.05) is 22.0 Å². The number of rotatable bonds is 8. The largest absolute Gasteiger partial charge is 0.480 e. The summed E-state index contributed by atoms with van der Waals surface area (Å²) in [5.74, 6) is -3.12. The summed E-state index contributed by atoms with van der Waals surface area (Å²) in [6.07, 6.45) is -3.72.